The van der Waals surface area contributed by atoms with Crippen molar-refractivity contribution < 1.29 is 14.6 Å². The fourth-order valence-corrected chi connectivity index (χ4v) is 2.37. The minimum absolute atomic E-state index is 0.0609. The number of hydrogen-bond donors (Lipinski definition) is 2. The van der Waals surface area contributed by atoms with Crippen LogP contribution in [0.1, 0.15) is 36.9 Å². The zero-order valence-electron chi connectivity index (χ0n) is 11.3. The van der Waals surface area contributed by atoms with E-state index in [2.05, 4.69) is 12.2 Å². The number of ether oxygens (including phenoxy) is 1. The Hall–Kier alpha value is -1.39. The van der Waals surface area contributed by atoms with Crippen molar-refractivity contribution in [3.63, 3.8) is 0 Å². The molecule has 0 saturated heterocycles. The van der Waals surface area contributed by atoms with Gasteiger partial charge in [0.05, 0.1) is 12.1 Å². The Labute approximate surface area is 113 Å². The molecule has 19 heavy (non-hydrogen) atoms. The molecule has 4 heteroatoms. The number of aliphatic hydroxyl groups excluding tert-OH is 1. The van der Waals surface area contributed by atoms with Crippen molar-refractivity contribution in [1.29, 1.82) is 0 Å². The van der Waals surface area contributed by atoms with Crippen LogP contribution >= 0.6 is 0 Å². The first-order valence-electron chi connectivity index (χ1n) is 6.85. The van der Waals surface area contributed by atoms with Crippen LogP contribution in [0.4, 0.5) is 0 Å². The van der Waals surface area contributed by atoms with Crippen molar-refractivity contribution in [1.82, 2.24) is 5.32 Å². The number of carbonyl (C=O) groups excluding carboxylic acids is 1. The molecule has 4 nitrogen and oxygen atoms in total. The standard InChI is InChI=1S/C15H21NO3/c1-2-3-8-19-10-14(18)16-15-12-7-5-4-6-11(12)9-13(15)17/h4-7,13,15,17H,2-3,8-10H2,1H3,(H,16,18)/t13-,15-/m0/s1. The minimum atomic E-state index is -0.544. The van der Waals surface area contributed by atoms with E-state index < -0.39 is 6.10 Å². The topological polar surface area (TPSA) is 58.6 Å². The minimum Gasteiger partial charge on any atom is -0.390 e. The van der Waals surface area contributed by atoms with Crippen LogP contribution in [0.2, 0.25) is 0 Å². The van der Waals surface area contributed by atoms with Crippen LogP contribution in [-0.4, -0.2) is 30.3 Å². The van der Waals surface area contributed by atoms with E-state index in [0.29, 0.717) is 13.0 Å². The van der Waals surface area contributed by atoms with Gasteiger partial charge >= 0.3 is 0 Å². The molecule has 1 aromatic carbocycles. The van der Waals surface area contributed by atoms with E-state index in [0.717, 1.165) is 24.0 Å². The second-order valence-electron chi connectivity index (χ2n) is 4.92. The number of aliphatic hydroxyl groups is 1. The second-order valence-corrected chi connectivity index (χ2v) is 4.92. The van der Waals surface area contributed by atoms with Gasteiger partial charge in [-0.2, -0.15) is 0 Å². The van der Waals surface area contributed by atoms with Gasteiger partial charge in [0.2, 0.25) is 5.91 Å². The van der Waals surface area contributed by atoms with Gasteiger partial charge in [0, 0.05) is 13.0 Å². The highest BCUT2D eigenvalue weighted by molar-refractivity contribution is 5.78. The maximum absolute atomic E-state index is 11.8. The van der Waals surface area contributed by atoms with E-state index in [-0.39, 0.29) is 18.6 Å². The molecule has 0 saturated carbocycles. The molecule has 1 amide bonds. The molecule has 0 bridgehead atoms. The number of fused-ring (bicyclic) bond motifs is 1. The molecule has 0 aliphatic heterocycles. The Kier molecular flexibility index (Phi) is 4.93. The van der Waals surface area contributed by atoms with Crippen LogP contribution in [0, 0.1) is 0 Å². The van der Waals surface area contributed by atoms with Crippen LogP contribution in [0.25, 0.3) is 0 Å². The van der Waals surface area contributed by atoms with Gasteiger partial charge in [-0.25, -0.2) is 0 Å². The van der Waals surface area contributed by atoms with Crippen LogP contribution in [0.5, 0.6) is 0 Å². The van der Waals surface area contributed by atoms with Gasteiger partial charge in [-0.15, -0.1) is 0 Å². The average Bonchev–Trinajstić information content (AvgIpc) is 2.72. The summed E-state index contributed by atoms with van der Waals surface area (Å²) in [5.41, 5.74) is 2.11. The van der Waals surface area contributed by atoms with E-state index in [1.54, 1.807) is 0 Å². The Balaban J connectivity index is 1.87. The van der Waals surface area contributed by atoms with Crippen molar-refractivity contribution >= 4 is 5.91 Å². The van der Waals surface area contributed by atoms with E-state index in [9.17, 15) is 9.90 Å². The highest BCUT2D eigenvalue weighted by Crippen LogP contribution is 2.30. The molecule has 0 heterocycles. The molecule has 0 radical (unpaired) electrons. The molecule has 2 rings (SSSR count). The first kappa shape index (κ1) is 14.0. The molecule has 2 N–H and O–H groups in total. The molecule has 0 spiro atoms. The summed E-state index contributed by atoms with van der Waals surface area (Å²) in [7, 11) is 0. The fraction of sp³-hybridized carbons (Fsp3) is 0.533. The van der Waals surface area contributed by atoms with Gasteiger partial charge in [0.25, 0.3) is 0 Å². The van der Waals surface area contributed by atoms with Crippen LogP contribution < -0.4 is 5.32 Å². The van der Waals surface area contributed by atoms with Crippen LogP contribution in [0.3, 0.4) is 0 Å². The summed E-state index contributed by atoms with van der Waals surface area (Å²) in [6, 6.07) is 7.51. The maximum atomic E-state index is 11.8. The quantitative estimate of drug-likeness (QED) is 0.766. The molecule has 0 fully saturated rings. The van der Waals surface area contributed by atoms with Crippen molar-refractivity contribution in [3.05, 3.63) is 35.4 Å². The molecule has 0 aromatic heterocycles. The number of unbranched alkanes of at least 4 members (excludes halogenated alkanes) is 1. The lowest BCUT2D eigenvalue weighted by molar-refractivity contribution is -0.127. The van der Waals surface area contributed by atoms with E-state index >= 15 is 0 Å². The fourth-order valence-electron chi connectivity index (χ4n) is 2.37. The maximum Gasteiger partial charge on any atom is 0.246 e. The lowest BCUT2D eigenvalue weighted by Gasteiger charge is -2.17. The van der Waals surface area contributed by atoms with E-state index in [1.165, 1.54) is 0 Å². The van der Waals surface area contributed by atoms with Gasteiger partial charge in [-0.3, -0.25) is 4.79 Å². The average molecular weight is 263 g/mol. The smallest absolute Gasteiger partial charge is 0.246 e. The van der Waals surface area contributed by atoms with Gasteiger partial charge < -0.3 is 15.2 Å². The number of amides is 1. The largest absolute Gasteiger partial charge is 0.390 e. The van der Waals surface area contributed by atoms with Gasteiger partial charge in [-0.05, 0) is 17.5 Å². The predicted octanol–water partition coefficient (Wildman–Crippen LogP) is 1.58. The monoisotopic (exact) mass is 263 g/mol. The van der Waals surface area contributed by atoms with Gasteiger partial charge in [0.1, 0.15) is 6.61 Å². The molecule has 2 atom stereocenters. The van der Waals surface area contributed by atoms with E-state index in [4.69, 9.17) is 4.74 Å². The lowest BCUT2D eigenvalue weighted by atomic mass is 10.1. The summed E-state index contributed by atoms with van der Waals surface area (Å²) in [6.07, 6.45) is 2.06. The zero-order valence-corrected chi connectivity index (χ0v) is 11.3. The van der Waals surface area contributed by atoms with Crippen LogP contribution in [0.15, 0.2) is 24.3 Å². The summed E-state index contributed by atoms with van der Waals surface area (Å²) in [6.45, 7) is 2.74. The first-order valence-corrected chi connectivity index (χ1v) is 6.85. The van der Waals surface area contributed by atoms with Crippen molar-refractivity contribution in [2.45, 2.75) is 38.3 Å². The Morgan fingerprint density at radius 2 is 2.26 bits per heavy atom. The van der Waals surface area contributed by atoms with Crippen LogP contribution in [-0.2, 0) is 16.0 Å². The second kappa shape index (κ2) is 6.68. The molecule has 0 unspecified atom stereocenters. The summed E-state index contributed by atoms with van der Waals surface area (Å²) < 4.78 is 5.28. The number of rotatable bonds is 6. The van der Waals surface area contributed by atoms with Crippen molar-refractivity contribution in [3.8, 4) is 0 Å². The first-order chi connectivity index (χ1) is 9.22. The molecular weight excluding hydrogens is 242 g/mol. The third-order valence-electron chi connectivity index (χ3n) is 3.40. The predicted molar refractivity (Wildman–Crippen MR) is 72.8 cm³/mol. The number of carbonyl (C=O) groups is 1. The molecule has 1 aromatic rings. The number of benzene rings is 1. The number of nitrogens with one attached hydrogen (secondary N) is 1. The molecule has 104 valence electrons. The third-order valence-corrected chi connectivity index (χ3v) is 3.40. The van der Waals surface area contributed by atoms with Crippen molar-refractivity contribution in [2.24, 2.45) is 0 Å². The summed E-state index contributed by atoms with van der Waals surface area (Å²) in [4.78, 5) is 11.8. The Morgan fingerprint density at radius 1 is 1.47 bits per heavy atom. The van der Waals surface area contributed by atoms with Gasteiger partial charge in [-0.1, -0.05) is 37.6 Å². The SMILES string of the molecule is CCCCOCC(=O)N[C@H]1c2ccccc2C[C@@H]1O. The Bertz CT molecular complexity index is 433. The Morgan fingerprint density at radius 3 is 3.05 bits per heavy atom. The molecular formula is C15H21NO3. The third kappa shape index (κ3) is 3.55. The summed E-state index contributed by atoms with van der Waals surface area (Å²) in [5, 5.41) is 12.9. The zero-order chi connectivity index (χ0) is 13.7. The summed E-state index contributed by atoms with van der Waals surface area (Å²) >= 11 is 0. The normalized spacial score (nSPS) is 21.2. The number of hydrogen-bond acceptors (Lipinski definition) is 3. The molecule has 1 aliphatic rings. The molecule has 1 aliphatic carbocycles. The summed E-state index contributed by atoms with van der Waals surface area (Å²) in [5.74, 6) is -0.170. The van der Waals surface area contributed by atoms with Gasteiger partial charge in [0.15, 0.2) is 0 Å². The highest BCUT2D eigenvalue weighted by atomic mass is 16.5. The highest BCUT2D eigenvalue weighted by Gasteiger charge is 2.31. The van der Waals surface area contributed by atoms with Crippen molar-refractivity contribution in [2.75, 3.05) is 13.2 Å². The van der Waals surface area contributed by atoms with E-state index in [1.807, 2.05) is 24.3 Å². The lowest BCUT2D eigenvalue weighted by Crippen LogP contribution is -2.36.